The Balaban J connectivity index is 2.01. The van der Waals surface area contributed by atoms with E-state index < -0.39 is 0 Å². The molecule has 0 bridgehead atoms. The standard InChI is InChI=1S/C20H18O2/c1-3-21-13-15-5-7-17-12-20-10-16(14-22-4-2)6-8-18(20)11-19(17)9-15/h3-12H,1-2,13-14H2. The summed E-state index contributed by atoms with van der Waals surface area (Å²) in [6.07, 6.45) is 2.94. The Morgan fingerprint density at radius 1 is 0.636 bits per heavy atom. The molecule has 0 spiro atoms. The molecule has 0 fully saturated rings. The van der Waals surface area contributed by atoms with Gasteiger partial charge in [0, 0.05) is 0 Å². The van der Waals surface area contributed by atoms with Crippen LogP contribution in [0.25, 0.3) is 21.5 Å². The summed E-state index contributed by atoms with van der Waals surface area (Å²) >= 11 is 0. The largest absolute Gasteiger partial charge is 0.497 e. The van der Waals surface area contributed by atoms with Crippen molar-refractivity contribution in [1.82, 2.24) is 0 Å². The van der Waals surface area contributed by atoms with Crippen molar-refractivity contribution in [3.63, 3.8) is 0 Å². The molecule has 0 saturated carbocycles. The molecule has 2 heteroatoms. The third kappa shape index (κ3) is 2.96. The maximum atomic E-state index is 5.25. The number of rotatable bonds is 6. The van der Waals surface area contributed by atoms with Crippen LogP contribution in [0.2, 0.25) is 0 Å². The molecule has 0 atom stereocenters. The van der Waals surface area contributed by atoms with Crippen LogP contribution in [0, 0.1) is 0 Å². The lowest BCUT2D eigenvalue weighted by atomic mass is 10.0. The Morgan fingerprint density at radius 3 is 1.50 bits per heavy atom. The molecule has 0 aliphatic rings. The van der Waals surface area contributed by atoms with Crippen molar-refractivity contribution in [2.24, 2.45) is 0 Å². The molecule has 2 nitrogen and oxygen atoms in total. The highest BCUT2D eigenvalue weighted by Gasteiger charge is 2.02. The molecule has 0 heterocycles. The van der Waals surface area contributed by atoms with Gasteiger partial charge in [0.2, 0.25) is 0 Å². The van der Waals surface area contributed by atoms with E-state index in [1.54, 1.807) is 0 Å². The maximum absolute atomic E-state index is 5.25. The first-order valence-corrected chi connectivity index (χ1v) is 7.20. The van der Waals surface area contributed by atoms with Crippen molar-refractivity contribution in [2.45, 2.75) is 13.2 Å². The molecule has 0 unspecified atom stereocenters. The van der Waals surface area contributed by atoms with E-state index in [0.717, 1.165) is 11.1 Å². The fourth-order valence-corrected chi connectivity index (χ4v) is 2.59. The Kier molecular flexibility index (Phi) is 4.10. The second-order valence-corrected chi connectivity index (χ2v) is 5.17. The maximum Gasteiger partial charge on any atom is 0.112 e. The van der Waals surface area contributed by atoms with Crippen molar-refractivity contribution in [3.05, 3.63) is 85.3 Å². The normalized spacial score (nSPS) is 10.5. The van der Waals surface area contributed by atoms with Crippen LogP contribution in [0.1, 0.15) is 11.1 Å². The van der Waals surface area contributed by atoms with Crippen LogP contribution in [-0.2, 0) is 22.7 Å². The first kappa shape index (κ1) is 14.2. The topological polar surface area (TPSA) is 18.5 Å². The van der Waals surface area contributed by atoms with E-state index in [0.29, 0.717) is 13.2 Å². The molecular weight excluding hydrogens is 272 g/mol. The molecular formula is C20H18O2. The van der Waals surface area contributed by atoms with Gasteiger partial charge in [-0.15, -0.1) is 0 Å². The number of benzene rings is 3. The molecule has 0 N–H and O–H groups in total. The second kappa shape index (κ2) is 6.35. The average molecular weight is 290 g/mol. The first-order chi connectivity index (χ1) is 10.8. The van der Waals surface area contributed by atoms with Crippen molar-refractivity contribution in [3.8, 4) is 0 Å². The van der Waals surface area contributed by atoms with Gasteiger partial charge in [0.05, 0.1) is 12.5 Å². The molecule has 3 aromatic rings. The van der Waals surface area contributed by atoms with Crippen molar-refractivity contribution in [2.75, 3.05) is 0 Å². The number of ether oxygens (including phenoxy) is 2. The molecule has 22 heavy (non-hydrogen) atoms. The first-order valence-electron chi connectivity index (χ1n) is 7.20. The lowest BCUT2D eigenvalue weighted by Gasteiger charge is -2.07. The molecule has 110 valence electrons. The van der Waals surface area contributed by atoms with Gasteiger partial charge in [0.15, 0.2) is 0 Å². The third-order valence-electron chi connectivity index (χ3n) is 3.66. The lowest BCUT2D eigenvalue weighted by Crippen LogP contribution is -1.88. The molecule has 3 rings (SSSR count). The summed E-state index contributed by atoms with van der Waals surface area (Å²) in [5, 5.41) is 4.87. The molecule has 0 aliphatic carbocycles. The van der Waals surface area contributed by atoms with E-state index in [-0.39, 0.29) is 0 Å². The monoisotopic (exact) mass is 290 g/mol. The highest BCUT2D eigenvalue weighted by Crippen LogP contribution is 2.25. The van der Waals surface area contributed by atoms with Crippen LogP contribution in [0.3, 0.4) is 0 Å². The van der Waals surface area contributed by atoms with E-state index in [1.165, 1.54) is 34.1 Å². The van der Waals surface area contributed by atoms with Crippen LogP contribution >= 0.6 is 0 Å². The van der Waals surface area contributed by atoms with Gasteiger partial charge in [-0.1, -0.05) is 37.4 Å². The van der Waals surface area contributed by atoms with E-state index in [9.17, 15) is 0 Å². The van der Waals surface area contributed by atoms with Gasteiger partial charge in [0.1, 0.15) is 13.2 Å². The van der Waals surface area contributed by atoms with Crippen molar-refractivity contribution in [1.29, 1.82) is 0 Å². The Labute approximate surface area is 130 Å². The minimum absolute atomic E-state index is 0.551. The SMILES string of the molecule is C=COCc1ccc2cc3cc(COC=C)ccc3cc2c1. The lowest BCUT2D eigenvalue weighted by molar-refractivity contribution is 0.238. The summed E-state index contributed by atoms with van der Waals surface area (Å²) in [7, 11) is 0. The van der Waals surface area contributed by atoms with Gasteiger partial charge in [-0.05, 0) is 56.9 Å². The van der Waals surface area contributed by atoms with Crippen LogP contribution in [0.5, 0.6) is 0 Å². The Hall–Kier alpha value is -2.74. The zero-order valence-electron chi connectivity index (χ0n) is 12.4. The van der Waals surface area contributed by atoms with Gasteiger partial charge in [0.25, 0.3) is 0 Å². The fraction of sp³-hybridized carbons (Fsp3) is 0.100. The predicted molar refractivity (Wildman–Crippen MR) is 91.4 cm³/mol. The van der Waals surface area contributed by atoms with Gasteiger partial charge in [-0.3, -0.25) is 0 Å². The number of hydrogen-bond donors (Lipinski definition) is 0. The smallest absolute Gasteiger partial charge is 0.112 e. The molecule has 0 amide bonds. The summed E-state index contributed by atoms with van der Waals surface area (Å²) in [5.41, 5.74) is 2.28. The highest BCUT2D eigenvalue weighted by atomic mass is 16.5. The van der Waals surface area contributed by atoms with Gasteiger partial charge < -0.3 is 9.47 Å². The Morgan fingerprint density at radius 2 is 1.09 bits per heavy atom. The predicted octanol–water partition coefficient (Wildman–Crippen LogP) is 5.31. The summed E-state index contributed by atoms with van der Waals surface area (Å²) in [4.78, 5) is 0. The van der Waals surface area contributed by atoms with Crippen LogP contribution < -0.4 is 0 Å². The van der Waals surface area contributed by atoms with E-state index in [4.69, 9.17) is 9.47 Å². The molecule has 0 aliphatic heterocycles. The molecule has 3 aromatic carbocycles. The Bertz CT molecular complexity index is 762. The second-order valence-electron chi connectivity index (χ2n) is 5.17. The summed E-state index contributed by atoms with van der Waals surface area (Å²) in [5.74, 6) is 0. The zero-order chi connectivity index (χ0) is 15.4. The number of hydrogen-bond acceptors (Lipinski definition) is 2. The minimum atomic E-state index is 0.551. The van der Waals surface area contributed by atoms with E-state index in [2.05, 4.69) is 61.7 Å². The van der Waals surface area contributed by atoms with Crippen LogP contribution in [0.4, 0.5) is 0 Å². The van der Waals surface area contributed by atoms with E-state index >= 15 is 0 Å². The summed E-state index contributed by atoms with van der Waals surface area (Å²) in [6, 6.07) is 17.2. The highest BCUT2D eigenvalue weighted by molar-refractivity contribution is 5.98. The van der Waals surface area contributed by atoms with E-state index in [1.807, 2.05) is 0 Å². The quantitative estimate of drug-likeness (QED) is 0.452. The van der Waals surface area contributed by atoms with Gasteiger partial charge >= 0.3 is 0 Å². The number of fused-ring (bicyclic) bond motifs is 2. The molecule has 0 aromatic heterocycles. The molecule has 0 saturated heterocycles. The van der Waals surface area contributed by atoms with Crippen LogP contribution in [0.15, 0.2) is 74.2 Å². The van der Waals surface area contributed by atoms with Gasteiger partial charge in [-0.2, -0.15) is 0 Å². The average Bonchev–Trinajstić information content (AvgIpc) is 2.56. The molecule has 0 radical (unpaired) electrons. The summed E-state index contributed by atoms with van der Waals surface area (Å²) in [6.45, 7) is 8.24. The minimum Gasteiger partial charge on any atom is -0.497 e. The van der Waals surface area contributed by atoms with Crippen molar-refractivity contribution < 1.29 is 9.47 Å². The third-order valence-corrected chi connectivity index (χ3v) is 3.66. The fourth-order valence-electron chi connectivity index (χ4n) is 2.59. The zero-order valence-corrected chi connectivity index (χ0v) is 12.4. The van der Waals surface area contributed by atoms with Gasteiger partial charge in [-0.25, -0.2) is 0 Å². The van der Waals surface area contributed by atoms with Crippen LogP contribution in [-0.4, -0.2) is 0 Å². The van der Waals surface area contributed by atoms with Crippen molar-refractivity contribution >= 4 is 21.5 Å². The summed E-state index contributed by atoms with van der Waals surface area (Å²) < 4.78 is 10.5.